The zero-order valence-electron chi connectivity index (χ0n) is 10.2. The molecule has 0 saturated heterocycles. The highest BCUT2D eigenvalue weighted by molar-refractivity contribution is 5.61. The first-order chi connectivity index (χ1) is 8.92. The standard InChI is InChI=1S/C15H16N2O/c1-3-7-12(8-4-1)14-11-15(18-17-14)16-13-9-5-2-6-10-13/h1-5,7-8,11,13,16H,6,9-10H2. The van der Waals surface area contributed by atoms with Crippen LogP contribution in [-0.4, -0.2) is 11.2 Å². The van der Waals surface area contributed by atoms with E-state index in [9.17, 15) is 0 Å². The van der Waals surface area contributed by atoms with Crippen LogP contribution in [0.15, 0.2) is 53.1 Å². The number of aromatic nitrogens is 1. The molecule has 1 aromatic heterocycles. The van der Waals surface area contributed by atoms with Crippen molar-refractivity contribution in [3.63, 3.8) is 0 Å². The number of allylic oxidation sites excluding steroid dienone is 1. The molecular formula is C15H16N2O. The van der Waals surface area contributed by atoms with Crippen molar-refractivity contribution in [1.82, 2.24) is 5.16 Å². The van der Waals surface area contributed by atoms with Gasteiger partial charge in [0.15, 0.2) is 0 Å². The summed E-state index contributed by atoms with van der Waals surface area (Å²) in [5, 5.41) is 7.49. The molecule has 1 heterocycles. The summed E-state index contributed by atoms with van der Waals surface area (Å²) in [5.41, 5.74) is 1.96. The normalized spacial score (nSPS) is 18.8. The van der Waals surface area contributed by atoms with Crippen LogP contribution in [0.1, 0.15) is 19.3 Å². The second kappa shape index (κ2) is 5.08. The first kappa shape index (κ1) is 11.1. The van der Waals surface area contributed by atoms with Crippen LogP contribution < -0.4 is 5.32 Å². The van der Waals surface area contributed by atoms with E-state index in [4.69, 9.17) is 4.52 Å². The van der Waals surface area contributed by atoms with Gasteiger partial charge in [-0.1, -0.05) is 47.6 Å². The highest BCUT2D eigenvalue weighted by Crippen LogP contribution is 2.23. The fourth-order valence-corrected chi connectivity index (χ4v) is 2.21. The zero-order chi connectivity index (χ0) is 12.2. The van der Waals surface area contributed by atoms with Gasteiger partial charge in [-0.2, -0.15) is 0 Å². The van der Waals surface area contributed by atoms with E-state index in [0.717, 1.165) is 36.4 Å². The number of rotatable bonds is 3. The number of anilines is 1. The molecule has 1 N–H and O–H groups in total. The topological polar surface area (TPSA) is 38.1 Å². The number of nitrogens with zero attached hydrogens (tertiary/aromatic N) is 1. The molecule has 1 aliphatic carbocycles. The van der Waals surface area contributed by atoms with Gasteiger partial charge in [0.2, 0.25) is 5.88 Å². The first-order valence-corrected chi connectivity index (χ1v) is 6.35. The van der Waals surface area contributed by atoms with Gasteiger partial charge >= 0.3 is 0 Å². The molecule has 0 bridgehead atoms. The fraction of sp³-hybridized carbons (Fsp3) is 0.267. The Morgan fingerprint density at radius 2 is 2.06 bits per heavy atom. The summed E-state index contributed by atoms with van der Waals surface area (Å²) in [4.78, 5) is 0. The number of nitrogens with one attached hydrogen (secondary N) is 1. The van der Waals surface area contributed by atoms with E-state index in [-0.39, 0.29) is 0 Å². The molecule has 3 heteroatoms. The Hall–Kier alpha value is -2.03. The molecule has 2 aromatic rings. The number of hydrogen-bond acceptors (Lipinski definition) is 3. The van der Waals surface area contributed by atoms with Crippen LogP contribution in [0.5, 0.6) is 0 Å². The van der Waals surface area contributed by atoms with Crippen molar-refractivity contribution in [2.45, 2.75) is 25.3 Å². The summed E-state index contributed by atoms with van der Waals surface area (Å²) < 4.78 is 5.34. The van der Waals surface area contributed by atoms with Gasteiger partial charge in [-0.25, -0.2) is 0 Å². The monoisotopic (exact) mass is 240 g/mol. The maximum absolute atomic E-state index is 5.34. The molecule has 92 valence electrons. The van der Waals surface area contributed by atoms with Crippen molar-refractivity contribution in [2.75, 3.05) is 5.32 Å². The van der Waals surface area contributed by atoms with Gasteiger partial charge < -0.3 is 9.84 Å². The Kier molecular flexibility index (Phi) is 3.13. The molecule has 18 heavy (non-hydrogen) atoms. The van der Waals surface area contributed by atoms with Gasteiger partial charge in [-0.15, -0.1) is 0 Å². The van der Waals surface area contributed by atoms with E-state index in [0.29, 0.717) is 6.04 Å². The highest BCUT2D eigenvalue weighted by Gasteiger charge is 2.12. The van der Waals surface area contributed by atoms with Crippen LogP contribution in [0.25, 0.3) is 11.3 Å². The van der Waals surface area contributed by atoms with Crippen molar-refractivity contribution in [2.24, 2.45) is 0 Å². The Balaban J connectivity index is 1.72. The first-order valence-electron chi connectivity index (χ1n) is 6.35. The Bertz CT molecular complexity index is 530. The lowest BCUT2D eigenvalue weighted by Gasteiger charge is -2.17. The Morgan fingerprint density at radius 1 is 1.17 bits per heavy atom. The summed E-state index contributed by atoms with van der Waals surface area (Å²) >= 11 is 0. The molecule has 0 spiro atoms. The number of benzene rings is 1. The molecule has 1 aliphatic rings. The van der Waals surface area contributed by atoms with Crippen LogP contribution in [0.4, 0.5) is 5.88 Å². The molecular weight excluding hydrogens is 224 g/mol. The maximum atomic E-state index is 5.34. The Labute approximate surface area is 106 Å². The van der Waals surface area contributed by atoms with E-state index in [1.807, 2.05) is 36.4 Å². The van der Waals surface area contributed by atoms with Crippen LogP contribution in [0.3, 0.4) is 0 Å². The third kappa shape index (κ3) is 2.45. The molecule has 0 saturated carbocycles. The summed E-state index contributed by atoms with van der Waals surface area (Å²) in [5.74, 6) is 0.758. The van der Waals surface area contributed by atoms with Gasteiger partial charge in [0, 0.05) is 17.7 Å². The van der Waals surface area contributed by atoms with Gasteiger partial charge in [0.1, 0.15) is 5.69 Å². The van der Waals surface area contributed by atoms with Crippen molar-refractivity contribution in [3.8, 4) is 11.3 Å². The van der Waals surface area contributed by atoms with E-state index >= 15 is 0 Å². The van der Waals surface area contributed by atoms with E-state index in [1.165, 1.54) is 0 Å². The van der Waals surface area contributed by atoms with Crippen molar-refractivity contribution in [3.05, 3.63) is 48.6 Å². The zero-order valence-corrected chi connectivity index (χ0v) is 10.2. The summed E-state index contributed by atoms with van der Waals surface area (Å²) in [7, 11) is 0. The lowest BCUT2D eigenvalue weighted by atomic mass is 10.0. The van der Waals surface area contributed by atoms with Crippen molar-refractivity contribution < 1.29 is 4.52 Å². The minimum Gasteiger partial charge on any atom is -0.351 e. The maximum Gasteiger partial charge on any atom is 0.225 e. The SMILES string of the molecule is C1=CCC(Nc2cc(-c3ccccc3)no2)CC1. The molecule has 0 amide bonds. The molecule has 1 atom stereocenters. The van der Waals surface area contributed by atoms with Crippen LogP contribution in [0.2, 0.25) is 0 Å². The molecule has 0 radical (unpaired) electrons. The lowest BCUT2D eigenvalue weighted by molar-refractivity contribution is 0.428. The molecule has 0 aliphatic heterocycles. The van der Waals surface area contributed by atoms with Gasteiger partial charge in [-0.05, 0) is 19.3 Å². The number of hydrogen-bond donors (Lipinski definition) is 1. The summed E-state index contributed by atoms with van der Waals surface area (Å²) in [6.45, 7) is 0. The van der Waals surface area contributed by atoms with Crippen molar-refractivity contribution >= 4 is 5.88 Å². The van der Waals surface area contributed by atoms with Crippen molar-refractivity contribution in [1.29, 1.82) is 0 Å². The largest absolute Gasteiger partial charge is 0.351 e. The second-order valence-corrected chi connectivity index (χ2v) is 4.57. The molecule has 1 unspecified atom stereocenters. The summed E-state index contributed by atoms with van der Waals surface area (Å²) in [6.07, 6.45) is 7.79. The molecule has 3 rings (SSSR count). The Morgan fingerprint density at radius 3 is 2.83 bits per heavy atom. The molecule has 1 aromatic carbocycles. The predicted octanol–water partition coefficient (Wildman–Crippen LogP) is 3.86. The smallest absolute Gasteiger partial charge is 0.225 e. The quantitative estimate of drug-likeness (QED) is 0.828. The van der Waals surface area contributed by atoms with Crippen LogP contribution in [-0.2, 0) is 0 Å². The van der Waals surface area contributed by atoms with Gasteiger partial charge in [0.05, 0.1) is 0 Å². The third-order valence-electron chi connectivity index (χ3n) is 3.20. The highest BCUT2D eigenvalue weighted by atomic mass is 16.5. The van der Waals surface area contributed by atoms with Crippen LogP contribution >= 0.6 is 0 Å². The average Bonchev–Trinajstić information content (AvgIpc) is 2.89. The fourth-order valence-electron chi connectivity index (χ4n) is 2.21. The van der Waals surface area contributed by atoms with Gasteiger partial charge in [-0.3, -0.25) is 0 Å². The minimum absolute atomic E-state index is 0.464. The minimum atomic E-state index is 0.464. The summed E-state index contributed by atoms with van der Waals surface area (Å²) in [6, 6.07) is 12.5. The predicted molar refractivity (Wildman–Crippen MR) is 72.3 cm³/mol. The van der Waals surface area contributed by atoms with Gasteiger partial charge in [0.25, 0.3) is 0 Å². The molecule has 0 fully saturated rings. The van der Waals surface area contributed by atoms with E-state index < -0.39 is 0 Å². The average molecular weight is 240 g/mol. The third-order valence-corrected chi connectivity index (χ3v) is 3.20. The van der Waals surface area contributed by atoms with E-state index in [1.54, 1.807) is 0 Å². The van der Waals surface area contributed by atoms with Crippen LogP contribution in [0, 0.1) is 0 Å². The van der Waals surface area contributed by atoms with E-state index in [2.05, 4.69) is 22.6 Å². The second-order valence-electron chi connectivity index (χ2n) is 4.57. The lowest BCUT2D eigenvalue weighted by Crippen LogP contribution is -2.19. The molecule has 3 nitrogen and oxygen atoms in total.